The largest absolute Gasteiger partial charge is 0.390 e. The maximum atomic E-state index is 9.80. The van der Waals surface area contributed by atoms with Crippen molar-refractivity contribution in [3.05, 3.63) is 40.3 Å². The molecule has 0 radical (unpaired) electrons. The maximum absolute atomic E-state index is 9.80. The van der Waals surface area contributed by atoms with Gasteiger partial charge in [-0.05, 0) is 23.2 Å². The predicted molar refractivity (Wildman–Crippen MR) is 65.7 cm³/mol. The van der Waals surface area contributed by atoms with Crippen LogP contribution in [0.4, 0.5) is 5.69 Å². The second kappa shape index (κ2) is 6.10. The van der Waals surface area contributed by atoms with Gasteiger partial charge in [0, 0.05) is 24.7 Å². The zero-order valence-electron chi connectivity index (χ0n) is 9.85. The van der Waals surface area contributed by atoms with Gasteiger partial charge in [0.1, 0.15) is 6.10 Å². The first kappa shape index (κ1) is 13.3. The van der Waals surface area contributed by atoms with E-state index in [2.05, 4.69) is 10.0 Å². The van der Waals surface area contributed by atoms with E-state index >= 15 is 0 Å². The highest BCUT2D eigenvalue weighted by Gasteiger charge is 2.17. The van der Waals surface area contributed by atoms with Crippen molar-refractivity contribution in [2.75, 3.05) is 25.5 Å². The first-order valence-corrected chi connectivity index (χ1v) is 5.20. The minimum absolute atomic E-state index is 0.146. The zero-order chi connectivity index (χ0) is 12.8. The maximum Gasteiger partial charge on any atom is 0.105 e. The van der Waals surface area contributed by atoms with Crippen molar-refractivity contribution in [2.45, 2.75) is 12.2 Å². The van der Waals surface area contributed by atoms with Crippen LogP contribution >= 0.6 is 0 Å². The van der Waals surface area contributed by atoms with E-state index in [1.807, 2.05) is 31.1 Å². The lowest BCUT2D eigenvalue weighted by atomic mass is 10.0. The summed E-state index contributed by atoms with van der Waals surface area (Å²) in [6, 6.07) is 7.16. The molecule has 6 nitrogen and oxygen atoms in total. The van der Waals surface area contributed by atoms with Gasteiger partial charge in [0.15, 0.2) is 0 Å². The summed E-state index contributed by atoms with van der Waals surface area (Å²) in [6.07, 6.45) is -2.13. The molecule has 0 bridgehead atoms. The Hall–Kier alpha value is -1.75. The van der Waals surface area contributed by atoms with Crippen LogP contribution in [0.2, 0.25) is 0 Å². The minimum atomic E-state index is -1.09. The lowest BCUT2D eigenvalue weighted by molar-refractivity contribution is 0.0244. The van der Waals surface area contributed by atoms with Gasteiger partial charge in [0.05, 0.1) is 12.6 Å². The van der Waals surface area contributed by atoms with Crippen molar-refractivity contribution in [1.82, 2.24) is 0 Å². The molecule has 0 heterocycles. The van der Waals surface area contributed by atoms with Gasteiger partial charge in [-0.25, -0.2) is 0 Å². The van der Waals surface area contributed by atoms with Gasteiger partial charge in [-0.15, -0.1) is 0 Å². The zero-order valence-corrected chi connectivity index (χ0v) is 9.85. The van der Waals surface area contributed by atoms with Crippen LogP contribution in [0.15, 0.2) is 29.4 Å². The monoisotopic (exact) mass is 236 g/mol. The highest BCUT2D eigenvalue weighted by atomic mass is 16.3. The lowest BCUT2D eigenvalue weighted by Crippen LogP contribution is -2.21. The average Bonchev–Trinajstić information content (AvgIpc) is 2.35. The number of anilines is 1. The standard InChI is InChI=1S/C11H16N4O2/c1-15(2)9-5-3-8(4-6-9)11(17)10(16)7-13-14-12/h3-6,10-11,16-17H,7H2,1-2H3. The molecule has 2 N–H and O–H groups in total. The van der Waals surface area contributed by atoms with Crippen molar-refractivity contribution in [3.63, 3.8) is 0 Å². The molecule has 0 spiro atoms. The molecule has 2 unspecified atom stereocenters. The summed E-state index contributed by atoms with van der Waals surface area (Å²) in [5, 5.41) is 22.6. The molecule has 2 atom stereocenters. The molecule has 6 heteroatoms. The molecular formula is C11H16N4O2. The number of benzene rings is 1. The molecule has 0 aliphatic carbocycles. The van der Waals surface area contributed by atoms with Crippen LogP contribution in [0.3, 0.4) is 0 Å². The number of hydrogen-bond acceptors (Lipinski definition) is 4. The Balaban J connectivity index is 2.75. The molecule has 17 heavy (non-hydrogen) atoms. The molecule has 0 aromatic heterocycles. The topological polar surface area (TPSA) is 92.5 Å². The third kappa shape index (κ3) is 3.64. The van der Waals surface area contributed by atoms with Crippen LogP contribution in [-0.4, -0.2) is 37.0 Å². The third-order valence-electron chi connectivity index (χ3n) is 2.45. The molecule has 0 saturated heterocycles. The van der Waals surface area contributed by atoms with Crippen LogP contribution in [0.1, 0.15) is 11.7 Å². The van der Waals surface area contributed by atoms with Crippen molar-refractivity contribution in [2.24, 2.45) is 5.11 Å². The van der Waals surface area contributed by atoms with Crippen LogP contribution in [0.5, 0.6) is 0 Å². The third-order valence-corrected chi connectivity index (χ3v) is 2.45. The average molecular weight is 236 g/mol. The van der Waals surface area contributed by atoms with Crippen molar-refractivity contribution < 1.29 is 10.2 Å². The van der Waals surface area contributed by atoms with Crippen molar-refractivity contribution >= 4 is 5.69 Å². The molecule has 0 aliphatic rings. The summed E-state index contributed by atoms with van der Waals surface area (Å²) in [5.74, 6) is 0. The van der Waals surface area contributed by atoms with Gasteiger partial charge in [-0.1, -0.05) is 17.2 Å². The van der Waals surface area contributed by atoms with E-state index < -0.39 is 12.2 Å². The number of aliphatic hydroxyl groups is 2. The van der Waals surface area contributed by atoms with Gasteiger partial charge in [-0.2, -0.15) is 0 Å². The van der Waals surface area contributed by atoms with E-state index in [-0.39, 0.29) is 6.54 Å². The van der Waals surface area contributed by atoms with Gasteiger partial charge < -0.3 is 15.1 Å². The highest BCUT2D eigenvalue weighted by Crippen LogP contribution is 2.20. The Labute approximate surface area is 99.7 Å². The Bertz CT molecular complexity index is 398. The van der Waals surface area contributed by atoms with Crippen molar-refractivity contribution in [1.29, 1.82) is 0 Å². The van der Waals surface area contributed by atoms with Gasteiger partial charge >= 0.3 is 0 Å². The van der Waals surface area contributed by atoms with E-state index in [9.17, 15) is 10.2 Å². The second-order valence-electron chi connectivity index (χ2n) is 3.91. The molecule has 0 fully saturated rings. The summed E-state index contributed by atoms with van der Waals surface area (Å²) in [6.45, 7) is -0.146. The van der Waals surface area contributed by atoms with Gasteiger partial charge in [0.2, 0.25) is 0 Å². The van der Waals surface area contributed by atoms with Crippen LogP contribution in [0.25, 0.3) is 10.4 Å². The van der Waals surface area contributed by atoms with Crippen LogP contribution in [0, 0.1) is 0 Å². The molecule has 92 valence electrons. The fourth-order valence-corrected chi connectivity index (χ4v) is 1.41. The first-order valence-electron chi connectivity index (χ1n) is 5.20. The van der Waals surface area contributed by atoms with E-state index in [0.717, 1.165) is 5.69 Å². The van der Waals surface area contributed by atoms with Gasteiger partial charge in [0.25, 0.3) is 0 Å². The predicted octanol–water partition coefficient (Wildman–Crippen LogP) is 1.46. The normalized spacial score (nSPS) is 13.6. The minimum Gasteiger partial charge on any atom is -0.390 e. The summed E-state index contributed by atoms with van der Waals surface area (Å²) < 4.78 is 0. The first-order chi connectivity index (χ1) is 8.06. The number of hydrogen-bond donors (Lipinski definition) is 2. The number of rotatable bonds is 5. The Morgan fingerprint density at radius 2 is 1.88 bits per heavy atom. The van der Waals surface area contributed by atoms with Crippen molar-refractivity contribution in [3.8, 4) is 0 Å². The van der Waals surface area contributed by atoms with E-state index in [4.69, 9.17) is 5.53 Å². The van der Waals surface area contributed by atoms with E-state index in [1.165, 1.54) is 0 Å². The lowest BCUT2D eigenvalue weighted by Gasteiger charge is -2.18. The smallest absolute Gasteiger partial charge is 0.105 e. The summed E-state index contributed by atoms with van der Waals surface area (Å²) in [4.78, 5) is 4.47. The molecule has 1 rings (SSSR count). The Kier molecular flexibility index (Phi) is 4.78. The molecule has 0 aliphatic heterocycles. The molecule has 1 aromatic rings. The number of azide groups is 1. The Morgan fingerprint density at radius 1 is 1.29 bits per heavy atom. The quantitative estimate of drug-likeness (QED) is 0.460. The van der Waals surface area contributed by atoms with Crippen LogP contribution in [-0.2, 0) is 0 Å². The summed E-state index contributed by atoms with van der Waals surface area (Å²) >= 11 is 0. The highest BCUT2D eigenvalue weighted by molar-refractivity contribution is 5.46. The molecule has 0 amide bonds. The van der Waals surface area contributed by atoms with E-state index in [1.54, 1.807) is 12.1 Å². The molecular weight excluding hydrogens is 220 g/mol. The summed E-state index contributed by atoms with van der Waals surface area (Å²) in [7, 11) is 3.84. The van der Waals surface area contributed by atoms with Gasteiger partial charge in [-0.3, -0.25) is 0 Å². The SMILES string of the molecule is CN(C)c1ccc(C(O)C(O)CN=[N+]=[N-])cc1. The number of aliphatic hydroxyl groups excluding tert-OH is 2. The summed E-state index contributed by atoms with van der Waals surface area (Å²) in [5.41, 5.74) is 9.72. The molecule has 1 aromatic carbocycles. The van der Waals surface area contributed by atoms with Crippen LogP contribution < -0.4 is 4.90 Å². The Morgan fingerprint density at radius 3 is 2.35 bits per heavy atom. The fraction of sp³-hybridized carbons (Fsp3) is 0.455. The molecule has 0 saturated carbocycles. The van der Waals surface area contributed by atoms with E-state index in [0.29, 0.717) is 5.56 Å². The fourth-order valence-electron chi connectivity index (χ4n) is 1.41. The second-order valence-corrected chi connectivity index (χ2v) is 3.91. The number of nitrogens with zero attached hydrogens (tertiary/aromatic N) is 4.